The first-order valence-corrected chi connectivity index (χ1v) is 7.91. The Morgan fingerprint density at radius 2 is 1.83 bits per heavy atom. The second-order valence-electron chi connectivity index (χ2n) is 6.49. The molecule has 132 valence electrons. The van der Waals surface area contributed by atoms with Crippen molar-refractivity contribution in [1.29, 1.82) is 0 Å². The van der Waals surface area contributed by atoms with E-state index in [1.54, 1.807) is 12.2 Å². The van der Waals surface area contributed by atoms with E-state index < -0.39 is 18.0 Å². The maximum atomic E-state index is 11.7. The molecule has 0 aliphatic rings. The Bertz CT molecular complexity index is 410. The van der Waals surface area contributed by atoms with Crippen LogP contribution in [0.1, 0.15) is 32.1 Å². The summed E-state index contributed by atoms with van der Waals surface area (Å²) in [5, 5.41) is 17.5. The summed E-state index contributed by atoms with van der Waals surface area (Å²) in [6.07, 6.45) is 9.45. The van der Waals surface area contributed by atoms with Crippen molar-refractivity contribution in [2.24, 2.45) is 0 Å². The van der Waals surface area contributed by atoms with E-state index in [0.29, 0.717) is 11.0 Å². The topological polar surface area (TPSA) is 83.8 Å². The number of aliphatic hydroxyl groups excluding tert-OH is 1. The fraction of sp³-hybridized carbons (Fsp3) is 0.647. The van der Waals surface area contributed by atoms with Crippen LogP contribution >= 0.6 is 0 Å². The number of hydrogen-bond donors (Lipinski definition) is 2. The average molecular weight is 328 g/mol. The normalized spacial score (nSPS) is 13.6. The number of esters is 1. The van der Waals surface area contributed by atoms with Gasteiger partial charge < -0.3 is 19.4 Å². The van der Waals surface area contributed by atoms with E-state index in [9.17, 15) is 9.59 Å². The van der Waals surface area contributed by atoms with Gasteiger partial charge in [0.05, 0.1) is 27.6 Å². The number of rotatable bonds is 12. The molecule has 0 aromatic rings. The Morgan fingerprint density at radius 1 is 1.13 bits per heavy atom. The highest BCUT2D eigenvalue weighted by molar-refractivity contribution is 5.82. The van der Waals surface area contributed by atoms with Crippen LogP contribution in [0.15, 0.2) is 24.3 Å². The van der Waals surface area contributed by atoms with Gasteiger partial charge in [0, 0.05) is 12.7 Å². The monoisotopic (exact) mass is 328 g/mol. The fourth-order valence-electron chi connectivity index (χ4n) is 2.01. The molecule has 0 heterocycles. The molecule has 0 spiro atoms. The number of quaternary nitrogens is 1. The van der Waals surface area contributed by atoms with Gasteiger partial charge in [0.1, 0.15) is 6.54 Å². The van der Waals surface area contributed by atoms with Crippen LogP contribution < -0.4 is 0 Å². The highest BCUT2D eigenvalue weighted by Gasteiger charge is 2.23. The van der Waals surface area contributed by atoms with Gasteiger partial charge in [0.15, 0.2) is 6.10 Å². The third-order valence-corrected chi connectivity index (χ3v) is 2.94. The second kappa shape index (κ2) is 11.8. The van der Waals surface area contributed by atoms with Gasteiger partial charge in [-0.1, -0.05) is 24.6 Å². The molecule has 2 N–H and O–H groups in total. The maximum Gasteiger partial charge on any atom is 0.331 e. The van der Waals surface area contributed by atoms with Gasteiger partial charge >= 0.3 is 11.9 Å². The van der Waals surface area contributed by atoms with Crippen LogP contribution in [0.3, 0.4) is 0 Å². The van der Waals surface area contributed by atoms with Crippen LogP contribution in [0.4, 0.5) is 0 Å². The van der Waals surface area contributed by atoms with Gasteiger partial charge in [-0.2, -0.15) is 0 Å². The summed E-state index contributed by atoms with van der Waals surface area (Å²) < 4.78 is 5.73. The number of allylic oxidation sites excluding steroid dienone is 3. The quantitative estimate of drug-likeness (QED) is 0.187. The third-order valence-electron chi connectivity index (χ3n) is 2.94. The van der Waals surface area contributed by atoms with E-state index in [1.165, 1.54) is 6.08 Å². The minimum atomic E-state index is -0.983. The molecule has 0 radical (unpaired) electrons. The summed E-state index contributed by atoms with van der Waals surface area (Å²) in [5.74, 6) is -1.52. The highest BCUT2D eigenvalue weighted by Crippen LogP contribution is 2.06. The summed E-state index contributed by atoms with van der Waals surface area (Å²) in [6.45, 7) is 0.660. The average Bonchev–Trinajstić information content (AvgIpc) is 2.39. The maximum absolute atomic E-state index is 11.7. The number of nitrogens with zero attached hydrogens (tertiary/aromatic N) is 1. The van der Waals surface area contributed by atoms with Gasteiger partial charge in [0.25, 0.3) is 0 Å². The molecule has 0 saturated carbocycles. The number of carboxylic acid groups (broad SMARTS) is 1. The number of ether oxygens (including phenoxy) is 1. The predicted molar refractivity (Wildman–Crippen MR) is 88.9 cm³/mol. The van der Waals surface area contributed by atoms with E-state index in [0.717, 1.165) is 25.7 Å². The summed E-state index contributed by atoms with van der Waals surface area (Å²) in [5.41, 5.74) is 0. The van der Waals surface area contributed by atoms with Crippen molar-refractivity contribution in [3.63, 3.8) is 0 Å². The first kappa shape index (κ1) is 21.3. The molecule has 0 saturated heterocycles. The molecule has 6 nitrogen and oxygen atoms in total. The van der Waals surface area contributed by atoms with Crippen molar-refractivity contribution in [1.82, 2.24) is 0 Å². The third kappa shape index (κ3) is 15.0. The van der Waals surface area contributed by atoms with Crippen LogP contribution in [-0.4, -0.2) is 67.0 Å². The Labute approximate surface area is 138 Å². The number of carbonyl (C=O) groups is 2. The largest absolute Gasteiger partial charge is 0.481 e. The SMILES string of the molecule is C[N+](C)(C)CC(CC(=O)O)OC(=O)C=CC=CCCCCCO. The van der Waals surface area contributed by atoms with Crippen LogP contribution in [0.5, 0.6) is 0 Å². The van der Waals surface area contributed by atoms with Crippen molar-refractivity contribution in [3.8, 4) is 0 Å². The number of unbranched alkanes of at least 4 members (excludes halogenated alkanes) is 3. The van der Waals surface area contributed by atoms with Crippen molar-refractivity contribution in [2.45, 2.75) is 38.2 Å². The van der Waals surface area contributed by atoms with E-state index in [2.05, 4.69) is 0 Å². The standard InChI is InChI=1S/C17H29NO5/c1-18(2,3)14-15(13-16(20)21)23-17(22)11-9-7-5-4-6-8-10-12-19/h5,7,9,11,15,19H,4,6,8,10,12-14H2,1-3H3/p+1. The lowest BCUT2D eigenvalue weighted by Crippen LogP contribution is -2.43. The summed E-state index contributed by atoms with van der Waals surface area (Å²) >= 11 is 0. The van der Waals surface area contributed by atoms with Gasteiger partial charge in [-0.15, -0.1) is 0 Å². The van der Waals surface area contributed by atoms with Crippen LogP contribution in [-0.2, 0) is 14.3 Å². The van der Waals surface area contributed by atoms with Crippen molar-refractivity contribution in [2.75, 3.05) is 34.3 Å². The number of carbonyl (C=O) groups excluding carboxylic acids is 1. The Hall–Kier alpha value is -1.66. The zero-order valence-electron chi connectivity index (χ0n) is 14.4. The van der Waals surface area contributed by atoms with Gasteiger partial charge in [-0.3, -0.25) is 4.79 Å². The van der Waals surface area contributed by atoms with Gasteiger partial charge in [-0.25, -0.2) is 4.79 Å². The lowest BCUT2D eigenvalue weighted by molar-refractivity contribution is -0.873. The van der Waals surface area contributed by atoms with E-state index in [4.69, 9.17) is 14.9 Å². The zero-order valence-corrected chi connectivity index (χ0v) is 14.4. The molecular formula is C17H30NO5+. The van der Waals surface area contributed by atoms with E-state index in [-0.39, 0.29) is 13.0 Å². The molecule has 1 atom stereocenters. The number of carboxylic acids is 1. The molecule has 23 heavy (non-hydrogen) atoms. The lowest BCUT2D eigenvalue weighted by Gasteiger charge is -2.28. The molecule has 0 aliphatic carbocycles. The van der Waals surface area contributed by atoms with E-state index >= 15 is 0 Å². The number of aliphatic carboxylic acids is 1. The number of likely N-dealkylation sites (N-methyl/N-ethyl adjacent to an activating group) is 1. The summed E-state index contributed by atoms with van der Waals surface area (Å²) in [6, 6.07) is 0. The molecule has 0 amide bonds. The minimum absolute atomic E-state index is 0.199. The molecule has 0 fully saturated rings. The van der Waals surface area contributed by atoms with Gasteiger partial charge in [-0.05, 0) is 19.3 Å². The predicted octanol–water partition coefficient (Wildman–Crippen LogP) is 1.74. The molecule has 1 unspecified atom stereocenters. The number of aliphatic hydroxyl groups is 1. The molecule has 0 aromatic carbocycles. The Kier molecular flexibility index (Phi) is 11.0. The van der Waals surface area contributed by atoms with Crippen molar-refractivity contribution in [3.05, 3.63) is 24.3 Å². The van der Waals surface area contributed by atoms with Crippen LogP contribution in [0.25, 0.3) is 0 Å². The fourth-order valence-corrected chi connectivity index (χ4v) is 2.01. The van der Waals surface area contributed by atoms with Crippen molar-refractivity contribution < 1.29 is 29.0 Å². The second-order valence-corrected chi connectivity index (χ2v) is 6.49. The molecule has 6 heteroatoms. The molecule has 0 aromatic heterocycles. The first-order chi connectivity index (χ1) is 10.7. The summed E-state index contributed by atoms with van der Waals surface area (Å²) in [7, 11) is 5.74. The minimum Gasteiger partial charge on any atom is -0.481 e. The first-order valence-electron chi connectivity index (χ1n) is 7.91. The molecule has 0 rings (SSSR count). The number of hydrogen-bond acceptors (Lipinski definition) is 4. The zero-order chi connectivity index (χ0) is 17.7. The van der Waals surface area contributed by atoms with Gasteiger partial charge in [0.2, 0.25) is 0 Å². The van der Waals surface area contributed by atoms with Crippen LogP contribution in [0, 0.1) is 0 Å². The Balaban J connectivity index is 4.22. The molecular weight excluding hydrogens is 298 g/mol. The van der Waals surface area contributed by atoms with E-state index in [1.807, 2.05) is 27.2 Å². The van der Waals surface area contributed by atoms with Crippen LogP contribution in [0.2, 0.25) is 0 Å². The smallest absolute Gasteiger partial charge is 0.331 e. The molecule has 0 aliphatic heterocycles. The lowest BCUT2D eigenvalue weighted by atomic mass is 10.2. The van der Waals surface area contributed by atoms with Crippen molar-refractivity contribution >= 4 is 11.9 Å². The molecule has 0 bridgehead atoms. The summed E-state index contributed by atoms with van der Waals surface area (Å²) in [4.78, 5) is 22.6. The Morgan fingerprint density at radius 3 is 2.39 bits per heavy atom. The highest BCUT2D eigenvalue weighted by atomic mass is 16.5.